The van der Waals surface area contributed by atoms with E-state index in [2.05, 4.69) is 0 Å². The van der Waals surface area contributed by atoms with E-state index in [-0.39, 0.29) is 37.1 Å². The molecule has 0 spiro atoms. The molecule has 36 valence electrons. The Kier molecular flexibility index (Phi) is 24.6. The van der Waals surface area contributed by atoms with Crippen molar-refractivity contribution in [2.75, 3.05) is 0 Å². The summed E-state index contributed by atoms with van der Waals surface area (Å²) in [6.07, 6.45) is 0. The fourth-order valence-corrected chi connectivity index (χ4v) is 0. The van der Waals surface area contributed by atoms with Crippen LogP contribution in [0.2, 0.25) is 0 Å². The number of hydrogen-bond donors (Lipinski definition) is 3. The van der Waals surface area contributed by atoms with E-state index in [0.29, 0.717) is 0 Å². The first-order valence-corrected chi connectivity index (χ1v) is 1.60. The van der Waals surface area contributed by atoms with Gasteiger partial charge in [-0.25, -0.2) is 0 Å². The van der Waals surface area contributed by atoms with Gasteiger partial charge in [0, 0.05) is 0 Å². The van der Waals surface area contributed by atoms with E-state index in [1.54, 1.807) is 0 Å². The molecular formula is H6NNaO3S. The minimum absolute atomic E-state index is 0. The fraction of sp³-hybridized carbons (Fsp3) is 0. The minimum atomic E-state index is -2.61. The molecule has 0 aromatic rings. The molecule has 0 bridgehead atoms. The van der Waals surface area contributed by atoms with Crippen LogP contribution in [-0.2, 0) is 11.4 Å². The van der Waals surface area contributed by atoms with Gasteiger partial charge in [-0.05, 0) is 0 Å². The first kappa shape index (κ1) is 15.7. The van der Waals surface area contributed by atoms with E-state index >= 15 is 0 Å². The minimum Gasteiger partial charge on any atom is -1.00 e. The Bertz CT molecular complexity index is 37.9. The van der Waals surface area contributed by atoms with Gasteiger partial charge >= 0.3 is 29.6 Å². The van der Waals surface area contributed by atoms with Crippen molar-refractivity contribution in [3.8, 4) is 0 Å². The van der Waals surface area contributed by atoms with E-state index in [9.17, 15) is 0 Å². The second-order valence-electron chi connectivity index (χ2n) is 0.231. The monoisotopic (exact) mass is 123 g/mol. The molecule has 4 nitrogen and oxygen atoms in total. The quantitative estimate of drug-likeness (QED) is 0.236. The summed E-state index contributed by atoms with van der Waals surface area (Å²) in [5, 5.41) is 0. The Balaban J connectivity index is -0.0000000150. The maximum atomic E-state index is 8.67. The number of rotatable bonds is 0. The summed E-state index contributed by atoms with van der Waals surface area (Å²) in [7, 11) is 0. The molecule has 0 aliphatic heterocycles. The standard InChI is InChI=1S/H3N.Na.H2O3S.H/c;;1-4(2)3;/h1H3;;(H2,1,2,3);/q;+1;;-1. The zero-order valence-corrected chi connectivity index (χ0v) is 6.23. The van der Waals surface area contributed by atoms with Crippen LogP contribution in [0.25, 0.3) is 0 Å². The molecule has 0 saturated heterocycles. The summed E-state index contributed by atoms with van der Waals surface area (Å²) in [5.41, 5.74) is 0. The van der Waals surface area contributed by atoms with Crippen LogP contribution in [0.4, 0.5) is 0 Å². The van der Waals surface area contributed by atoms with Crippen molar-refractivity contribution >= 4 is 11.4 Å². The largest absolute Gasteiger partial charge is 1.00 e. The van der Waals surface area contributed by atoms with Gasteiger partial charge in [0.05, 0.1) is 0 Å². The van der Waals surface area contributed by atoms with E-state index < -0.39 is 11.4 Å². The van der Waals surface area contributed by atoms with Crippen LogP contribution in [0, 0.1) is 0 Å². The third kappa shape index (κ3) is 77.0. The summed E-state index contributed by atoms with van der Waals surface area (Å²) in [6, 6.07) is 0. The second kappa shape index (κ2) is 9.39. The normalized spacial score (nSPS) is 5.83. The van der Waals surface area contributed by atoms with Crippen molar-refractivity contribution in [1.82, 2.24) is 6.15 Å². The van der Waals surface area contributed by atoms with Gasteiger partial charge in [-0.3, -0.25) is 9.11 Å². The average molecular weight is 123 g/mol. The van der Waals surface area contributed by atoms with E-state index in [4.69, 9.17) is 13.3 Å². The summed E-state index contributed by atoms with van der Waals surface area (Å²) >= 11 is -2.61. The van der Waals surface area contributed by atoms with Gasteiger partial charge in [0.15, 0.2) is 0 Å². The second-order valence-corrected chi connectivity index (χ2v) is 0.692. The molecule has 0 fully saturated rings. The predicted octanol–water partition coefficient (Wildman–Crippen LogP) is -3.04. The Hall–Kier alpha value is 1.03. The molecular weight excluding hydrogens is 117 g/mol. The molecule has 0 radical (unpaired) electrons. The van der Waals surface area contributed by atoms with Crippen LogP contribution in [0.3, 0.4) is 0 Å². The SMILES string of the molecule is N.O=S(O)O.[H-].[Na+]. The molecule has 5 N–H and O–H groups in total. The molecule has 6 heavy (non-hydrogen) atoms. The van der Waals surface area contributed by atoms with Gasteiger partial charge in [0.1, 0.15) is 0 Å². The van der Waals surface area contributed by atoms with Crippen molar-refractivity contribution in [2.24, 2.45) is 0 Å². The zero-order valence-electron chi connectivity index (χ0n) is 4.42. The van der Waals surface area contributed by atoms with Crippen molar-refractivity contribution in [1.29, 1.82) is 0 Å². The van der Waals surface area contributed by atoms with E-state index in [1.807, 2.05) is 0 Å². The van der Waals surface area contributed by atoms with Crippen LogP contribution in [0.1, 0.15) is 1.43 Å². The molecule has 0 unspecified atom stereocenters. The van der Waals surface area contributed by atoms with E-state index in [0.717, 1.165) is 0 Å². The zero-order chi connectivity index (χ0) is 3.58. The van der Waals surface area contributed by atoms with Crippen LogP contribution in [0.15, 0.2) is 0 Å². The van der Waals surface area contributed by atoms with Crippen LogP contribution < -0.4 is 35.7 Å². The predicted molar refractivity (Wildman–Crippen MR) is 19.5 cm³/mol. The molecule has 0 aromatic carbocycles. The van der Waals surface area contributed by atoms with Crippen LogP contribution in [-0.4, -0.2) is 13.3 Å². The first-order valence-electron chi connectivity index (χ1n) is 0.532. The van der Waals surface area contributed by atoms with E-state index in [1.165, 1.54) is 0 Å². The van der Waals surface area contributed by atoms with Gasteiger partial charge in [0.2, 0.25) is 0 Å². The van der Waals surface area contributed by atoms with Crippen LogP contribution >= 0.6 is 0 Å². The maximum absolute atomic E-state index is 8.67. The summed E-state index contributed by atoms with van der Waals surface area (Å²) in [5.74, 6) is 0. The number of hydrogen-bond acceptors (Lipinski definition) is 2. The van der Waals surface area contributed by atoms with Crippen molar-refractivity contribution in [3.05, 3.63) is 0 Å². The van der Waals surface area contributed by atoms with Crippen molar-refractivity contribution < 1.29 is 44.3 Å². The Morgan fingerprint density at radius 3 is 1.50 bits per heavy atom. The molecule has 0 aliphatic rings. The van der Waals surface area contributed by atoms with Gasteiger partial charge in [-0.2, -0.15) is 4.21 Å². The smallest absolute Gasteiger partial charge is 1.00 e. The molecule has 0 amide bonds. The molecule has 0 aliphatic carbocycles. The molecule has 0 heterocycles. The van der Waals surface area contributed by atoms with Gasteiger partial charge < -0.3 is 7.58 Å². The van der Waals surface area contributed by atoms with Crippen molar-refractivity contribution in [3.63, 3.8) is 0 Å². The Morgan fingerprint density at radius 1 is 1.50 bits per heavy atom. The van der Waals surface area contributed by atoms with Gasteiger partial charge in [-0.1, -0.05) is 0 Å². The fourth-order valence-electron chi connectivity index (χ4n) is 0. The first-order chi connectivity index (χ1) is 1.73. The third-order valence-corrected chi connectivity index (χ3v) is 0. The van der Waals surface area contributed by atoms with Gasteiger partial charge in [-0.15, -0.1) is 0 Å². The molecule has 0 aromatic heterocycles. The summed E-state index contributed by atoms with van der Waals surface area (Å²) < 4.78 is 22.8. The summed E-state index contributed by atoms with van der Waals surface area (Å²) in [6.45, 7) is 0. The van der Waals surface area contributed by atoms with Crippen LogP contribution in [0.5, 0.6) is 0 Å². The van der Waals surface area contributed by atoms with Crippen molar-refractivity contribution in [2.45, 2.75) is 0 Å². The Morgan fingerprint density at radius 2 is 1.50 bits per heavy atom. The summed E-state index contributed by atoms with van der Waals surface area (Å²) in [4.78, 5) is 0. The topological polar surface area (TPSA) is 92.5 Å². The third-order valence-electron chi connectivity index (χ3n) is 0. The molecule has 0 rings (SSSR count). The average Bonchev–Trinajstić information content (AvgIpc) is 0.811. The maximum Gasteiger partial charge on any atom is 1.00 e. The Labute approximate surface area is 61.8 Å². The van der Waals surface area contributed by atoms with Gasteiger partial charge in [0.25, 0.3) is 11.4 Å². The molecule has 6 heteroatoms. The molecule has 0 saturated carbocycles. The molecule has 0 atom stereocenters.